The Morgan fingerprint density at radius 1 is 1.11 bits per heavy atom. The maximum absolute atomic E-state index is 11.9. The molecule has 18 heavy (non-hydrogen) atoms. The molecule has 6 heteroatoms. The van der Waals surface area contributed by atoms with Gasteiger partial charge in [-0.05, 0) is 19.1 Å². The number of ether oxygens (including phenoxy) is 1. The highest BCUT2D eigenvalue weighted by Gasteiger charge is 2.12. The summed E-state index contributed by atoms with van der Waals surface area (Å²) in [5.41, 5.74) is 1.04. The quantitative estimate of drug-likeness (QED) is 0.677. The topological polar surface area (TPSA) is 67.4 Å². The molecule has 0 saturated carbocycles. The average Bonchev–Trinajstić information content (AvgIpc) is 2.34. The third kappa shape index (κ3) is 5.14. The fraction of sp³-hybridized carbons (Fsp3) is 0.500. The number of benzene rings is 1. The van der Waals surface area contributed by atoms with Gasteiger partial charge in [-0.15, -0.1) is 0 Å². The van der Waals surface area contributed by atoms with Crippen LogP contribution in [0.3, 0.4) is 0 Å². The molecule has 1 rings (SSSR count). The molecular weight excluding hydrogens is 252 g/mol. The molecule has 0 aromatic heterocycles. The highest BCUT2D eigenvalue weighted by Crippen LogP contribution is 2.09. The second-order valence-corrected chi connectivity index (χ2v) is 5.72. The zero-order chi connectivity index (χ0) is 13.4. The molecule has 0 heterocycles. The van der Waals surface area contributed by atoms with Crippen molar-refractivity contribution in [3.8, 4) is 0 Å². The van der Waals surface area contributed by atoms with E-state index in [9.17, 15) is 8.42 Å². The van der Waals surface area contributed by atoms with Gasteiger partial charge in [0.1, 0.15) is 0 Å². The first kappa shape index (κ1) is 15.1. The van der Waals surface area contributed by atoms with Gasteiger partial charge in [0.15, 0.2) is 0 Å². The predicted octanol–water partition coefficient (Wildman–Crippen LogP) is 0.509. The number of aryl methyl sites for hydroxylation is 1. The van der Waals surface area contributed by atoms with Gasteiger partial charge in [-0.25, -0.2) is 13.1 Å². The molecule has 0 radical (unpaired) electrons. The molecule has 0 amide bonds. The summed E-state index contributed by atoms with van der Waals surface area (Å²) in [6.07, 6.45) is 0. The molecule has 2 N–H and O–H groups in total. The lowest BCUT2D eigenvalue weighted by molar-refractivity contribution is 0.199. The van der Waals surface area contributed by atoms with E-state index in [2.05, 4.69) is 10.0 Å². The summed E-state index contributed by atoms with van der Waals surface area (Å²) < 4.78 is 31.1. The van der Waals surface area contributed by atoms with Gasteiger partial charge in [0.05, 0.1) is 11.5 Å². The van der Waals surface area contributed by atoms with Gasteiger partial charge in [-0.1, -0.05) is 17.7 Å². The molecule has 5 nitrogen and oxygen atoms in total. The van der Waals surface area contributed by atoms with Gasteiger partial charge in [-0.2, -0.15) is 0 Å². The van der Waals surface area contributed by atoms with Crippen LogP contribution in [-0.4, -0.2) is 41.8 Å². The van der Waals surface area contributed by atoms with E-state index >= 15 is 0 Å². The fourth-order valence-corrected chi connectivity index (χ4v) is 2.41. The van der Waals surface area contributed by atoms with E-state index in [1.807, 2.05) is 6.92 Å². The van der Waals surface area contributed by atoms with Crippen LogP contribution in [0.25, 0.3) is 0 Å². The van der Waals surface area contributed by atoms with Crippen molar-refractivity contribution in [1.29, 1.82) is 0 Å². The fourth-order valence-electron chi connectivity index (χ4n) is 1.37. The van der Waals surface area contributed by atoms with Crippen LogP contribution in [0.15, 0.2) is 29.2 Å². The van der Waals surface area contributed by atoms with Gasteiger partial charge >= 0.3 is 0 Å². The van der Waals surface area contributed by atoms with Crippen molar-refractivity contribution in [2.24, 2.45) is 0 Å². The number of rotatable bonds is 8. The Balaban J connectivity index is 2.38. The molecule has 102 valence electrons. The first-order valence-electron chi connectivity index (χ1n) is 5.82. The van der Waals surface area contributed by atoms with E-state index in [0.29, 0.717) is 31.1 Å². The molecule has 0 aliphatic heterocycles. The Bertz CT molecular complexity index is 443. The van der Waals surface area contributed by atoms with Crippen LogP contribution in [0.4, 0.5) is 0 Å². The van der Waals surface area contributed by atoms with Crippen LogP contribution in [0.1, 0.15) is 5.56 Å². The predicted molar refractivity (Wildman–Crippen MR) is 71.1 cm³/mol. The maximum Gasteiger partial charge on any atom is 0.240 e. The van der Waals surface area contributed by atoms with Gasteiger partial charge in [-0.3, -0.25) is 0 Å². The van der Waals surface area contributed by atoms with Gasteiger partial charge < -0.3 is 10.1 Å². The van der Waals surface area contributed by atoms with Gasteiger partial charge in [0.25, 0.3) is 0 Å². The smallest absolute Gasteiger partial charge is 0.240 e. The van der Waals surface area contributed by atoms with Crippen molar-refractivity contribution >= 4 is 10.0 Å². The summed E-state index contributed by atoms with van der Waals surface area (Å²) in [5, 5.41) is 3.07. The number of sulfonamides is 1. The van der Waals surface area contributed by atoms with E-state index in [0.717, 1.165) is 5.56 Å². The van der Waals surface area contributed by atoms with Crippen molar-refractivity contribution < 1.29 is 13.2 Å². The minimum Gasteiger partial charge on any atom is -0.383 e. The van der Waals surface area contributed by atoms with E-state index in [1.54, 1.807) is 31.4 Å². The molecule has 1 aromatic rings. The summed E-state index contributed by atoms with van der Waals surface area (Å²) in [6.45, 7) is 4.19. The minimum absolute atomic E-state index is 0.296. The number of hydrogen-bond donors (Lipinski definition) is 2. The SMILES string of the molecule is COCCNCCNS(=O)(=O)c1ccc(C)cc1. The molecule has 0 aliphatic rings. The summed E-state index contributed by atoms with van der Waals surface area (Å²) in [5.74, 6) is 0. The molecule has 0 atom stereocenters. The molecular formula is C12H20N2O3S. The zero-order valence-corrected chi connectivity index (χ0v) is 11.6. The summed E-state index contributed by atoms with van der Waals surface area (Å²) in [4.78, 5) is 0.296. The Morgan fingerprint density at radius 2 is 1.78 bits per heavy atom. The average molecular weight is 272 g/mol. The van der Waals surface area contributed by atoms with E-state index in [4.69, 9.17) is 4.74 Å². The molecule has 0 saturated heterocycles. The van der Waals surface area contributed by atoms with E-state index in [1.165, 1.54) is 0 Å². The van der Waals surface area contributed by atoms with Crippen LogP contribution in [0.2, 0.25) is 0 Å². The Hall–Kier alpha value is -0.950. The number of methoxy groups -OCH3 is 1. The monoisotopic (exact) mass is 272 g/mol. The molecule has 0 unspecified atom stereocenters. The molecule has 1 aromatic carbocycles. The Labute approximate surface area is 109 Å². The van der Waals surface area contributed by atoms with Crippen molar-refractivity contribution in [2.45, 2.75) is 11.8 Å². The van der Waals surface area contributed by atoms with E-state index in [-0.39, 0.29) is 0 Å². The molecule has 0 bridgehead atoms. The summed E-state index contributed by atoms with van der Waals surface area (Å²) in [6, 6.07) is 6.78. The normalized spacial score (nSPS) is 11.7. The van der Waals surface area contributed by atoms with Crippen molar-refractivity contribution in [3.05, 3.63) is 29.8 Å². The van der Waals surface area contributed by atoms with Crippen LogP contribution in [-0.2, 0) is 14.8 Å². The van der Waals surface area contributed by atoms with Gasteiger partial charge in [0.2, 0.25) is 10.0 Å². The Kier molecular flexibility index (Phi) is 6.28. The van der Waals surface area contributed by atoms with Crippen molar-refractivity contribution in [3.63, 3.8) is 0 Å². The van der Waals surface area contributed by atoms with Crippen molar-refractivity contribution in [2.75, 3.05) is 33.4 Å². The molecule has 0 spiro atoms. The van der Waals surface area contributed by atoms with Crippen molar-refractivity contribution in [1.82, 2.24) is 10.0 Å². The largest absolute Gasteiger partial charge is 0.383 e. The Morgan fingerprint density at radius 3 is 2.39 bits per heavy atom. The summed E-state index contributed by atoms with van der Waals surface area (Å²) >= 11 is 0. The van der Waals surface area contributed by atoms with Crippen LogP contribution >= 0.6 is 0 Å². The highest BCUT2D eigenvalue weighted by molar-refractivity contribution is 7.89. The second-order valence-electron chi connectivity index (χ2n) is 3.95. The second kappa shape index (κ2) is 7.48. The lowest BCUT2D eigenvalue weighted by Crippen LogP contribution is -2.33. The standard InChI is InChI=1S/C12H20N2O3S/c1-11-3-5-12(6-4-11)18(15,16)14-8-7-13-9-10-17-2/h3-6,13-14H,7-10H2,1-2H3. The first-order valence-corrected chi connectivity index (χ1v) is 7.30. The third-order valence-electron chi connectivity index (χ3n) is 2.41. The highest BCUT2D eigenvalue weighted by atomic mass is 32.2. The first-order chi connectivity index (χ1) is 8.56. The number of hydrogen-bond acceptors (Lipinski definition) is 4. The molecule has 0 fully saturated rings. The van der Waals surface area contributed by atoms with Crippen LogP contribution < -0.4 is 10.0 Å². The van der Waals surface area contributed by atoms with Gasteiger partial charge in [0, 0.05) is 26.7 Å². The molecule has 0 aliphatic carbocycles. The zero-order valence-electron chi connectivity index (χ0n) is 10.8. The van der Waals surface area contributed by atoms with E-state index < -0.39 is 10.0 Å². The lowest BCUT2D eigenvalue weighted by atomic mass is 10.2. The lowest BCUT2D eigenvalue weighted by Gasteiger charge is -2.07. The third-order valence-corrected chi connectivity index (χ3v) is 3.89. The summed E-state index contributed by atoms with van der Waals surface area (Å²) in [7, 11) is -1.76. The van der Waals surface area contributed by atoms with Crippen LogP contribution in [0, 0.1) is 6.92 Å². The maximum atomic E-state index is 11.9. The number of nitrogens with one attached hydrogen (secondary N) is 2. The minimum atomic E-state index is -3.39. The van der Waals surface area contributed by atoms with Crippen LogP contribution in [0.5, 0.6) is 0 Å².